The number of ether oxygens (including phenoxy) is 4. The van der Waals surface area contributed by atoms with Gasteiger partial charge in [0, 0.05) is 177 Å². The van der Waals surface area contributed by atoms with Crippen molar-refractivity contribution in [2.75, 3.05) is 93.9 Å². The van der Waals surface area contributed by atoms with Crippen molar-refractivity contribution in [1.82, 2.24) is 105 Å². The number of rotatable bonds is 18. The van der Waals surface area contributed by atoms with Gasteiger partial charge in [0.1, 0.15) is 18.1 Å². The normalized spacial score (nSPS) is 15.6. The van der Waals surface area contributed by atoms with E-state index in [4.69, 9.17) is 18.9 Å². The van der Waals surface area contributed by atoms with Gasteiger partial charge < -0.3 is 65.1 Å². The molecule has 4 atom stereocenters. The number of thiazole rings is 1. The van der Waals surface area contributed by atoms with E-state index >= 15 is 0 Å². The number of hydrogen-bond donors (Lipinski definition) is 6. The molecule has 45 heteroatoms. The number of carbonyl (C=O) groups excluding carboxylic acids is 8. The summed E-state index contributed by atoms with van der Waals surface area (Å²) >= 11 is 1.56. The molecule has 18 rings (SSSR count). The van der Waals surface area contributed by atoms with Gasteiger partial charge in [-0.3, -0.25) is 34.2 Å². The summed E-state index contributed by atoms with van der Waals surface area (Å²) in [5.74, 6) is -7.84. The molecule has 0 radical (unpaired) electrons. The number of halogens is 8. The Balaban J connectivity index is 0.000000147. The van der Waals surface area contributed by atoms with E-state index in [1.54, 1.807) is 71.2 Å². The van der Waals surface area contributed by atoms with E-state index in [1.807, 2.05) is 100 Å². The Labute approximate surface area is 845 Å². The molecule has 0 unspecified atom stereocenters. The van der Waals surface area contributed by atoms with Crippen LogP contribution in [-0.2, 0) is 96.7 Å². The van der Waals surface area contributed by atoms with Crippen molar-refractivity contribution < 1.29 is 92.4 Å². The van der Waals surface area contributed by atoms with Gasteiger partial charge in [0.15, 0.2) is 63.3 Å². The van der Waals surface area contributed by atoms with Crippen LogP contribution in [-0.4, -0.2) is 235 Å². The molecular weight excluding hydrogens is 1940 g/mol. The SMILES string of the molecule is CC(C)(C)[C@H](NC(=O)n1nc(-c2ccc(F)c(F)c2)c2c1CCOC2)C(=O)N1CCN(c2ncccn2)CC1.CC(C)(C)[C@H](NC(=O)n1nc(-c2ccc(F)c(F)c2)c2c1CCOC2)C(=O)N1CCN(c2nccs2)CC1.Cc1cc(NC(=O)[C@@H](NC(=O)n2nc(-c3ccc(F)c(F)c3)c3c2CCOC3)C(C)(C)C)n[nH]1.Cc1cnc(CCC(=O)[C@@H](NC(=O)n2nc(-c3ccc(F)c(F)c3)c3c2CCOC3)C(C)(C)C)cn1. The third kappa shape index (κ3) is 25.1. The summed E-state index contributed by atoms with van der Waals surface area (Å²) in [4.78, 5) is 136. The Bertz CT molecular complexity index is 6830. The molecule has 6 aliphatic rings. The van der Waals surface area contributed by atoms with Crippen molar-refractivity contribution in [1.29, 1.82) is 0 Å². The molecular formula is C102H116F8N24O12S. The third-order valence-electron chi connectivity index (χ3n) is 25.6. The van der Waals surface area contributed by atoms with Gasteiger partial charge in [-0.15, -0.1) is 11.3 Å². The van der Waals surface area contributed by atoms with E-state index in [0.29, 0.717) is 218 Å². The van der Waals surface area contributed by atoms with Crippen molar-refractivity contribution >= 4 is 75.9 Å². The number of amides is 7. The van der Waals surface area contributed by atoms with Crippen LogP contribution in [0.2, 0.25) is 0 Å². The number of hydrogen-bond acceptors (Lipinski definition) is 25. The highest BCUT2D eigenvalue weighted by Gasteiger charge is 2.44. The first kappa shape index (κ1) is 107. The summed E-state index contributed by atoms with van der Waals surface area (Å²) in [5, 5.41) is 41.6. The minimum atomic E-state index is -1.01. The van der Waals surface area contributed by atoms with E-state index in [0.717, 1.165) is 65.1 Å². The van der Waals surface area contributed by atoms with E-state index in [1.165, 1.54) is 43.0 Å². The summed E-state index contributed by atoms with van der Waals surface area (Å²) in [7, 11) is 0. The molecule has 6 N–H and O–H groups in total. The van der Waals surface area contributed by atoms with Crippen LogP contribution in [0.3, 0.4) is 0 Å². The summed E-state index contributed by atoms with van der Waals surface area (Å²) in [6.07, 6.45) is 10.7. The summed E-state index contributed by atoms with van der Waals surface area (Å²) < 4.78 is 137. The van der Waals surface area contributed by atoms with Crippen LogP contribution in [0, 0.1) is 82.0 Å². The number of Topliss-reactive ketones (excluding diaryl/α,β-unsaturated/α-hetero) is 1. The summed E-state index contributed by atoms with van der Waals surface area (Å²) in [6.45, 7) is 32.9. The van der Waals surface area contributed by atoms with Crippen molar-refractivity contribution in [2.24, 2.45) is 21.7 Å². The molecule has 7 amide bonds. The lowest BCUT2D eigenvalue weighted by molar-refractivity contribution is -0.136. The van der Waals surface area contributed by atoms with Gasteiger partial charge in [0.2, 0.25) is 23.7 Å². The number of aromatic nitrogens is 15. The lowest BCUT2D eigenvalue weighted by atomic mass is 9.83. The summed E-state index contributed by atoms with van der Waals surface area (Å²) in [6, 6.07) is 11.7. The average molecular weight is 2050 g/mol. The number of piperazine rings is 2. The molecule has 0 bridgehead atoms. The molecule has 6 aliphatic heterocycles. The van der Waals surface area contributed by atoms with Crippen LogP contribution in [0.5, 0.6) is 0 Å². The quantitative estimate of drug-likeness (QED) is 0.0435. The average Bonchev–Trinajstić information content (AvgIpc) is 1.64. The number of anilines is 3. The Kier molecular flexibility index (Phi) is 32.9. The third-order valence-corrected chi connectivity index (χ3v) is 26.4. The molecule has 14 heterocycles. The van der Waals surface area contributed by atoms with Crippen LogP contribution in [0.25, 0.3) is 45.0 Å². The van der Waals surface area contributed by atoms with E-state index in [2.05, 4.69) is 87.0 Å². The lowest BCUT2D eigenvalue weighted by Gasteiger charge is -2.39. The second kappa shape index (κ2) is 45.3. The molecule has 0 aliphatic carbocycles. The van der Waals surface area contributed by atoms with E-state index in [9.17, 15) is 73.5 Å². The summed E-state index contributed by atoms with van der Waals surface area (Å²) in [5.41, 5.74) is 7.64. The Morgan fingerprint density at radius 2 is 0.762 bits per heavy atom. The topological polar surface area (TPSA) is 411 Å². The number of H-pyrrole nitrogens is 1. The highest BCUT2D eigenvalue weighted by molar-refractivity contribution is 7.13. The predicted octanol–water partition coefficient (Wildman–Crippen LogP) is 14.4. The molecule has 8 aromatic heterocycles. The van der Waals surface area contributed by atoms with Crippen molar-refractivity contribution in [3.05, 3.63) is 230 Å². The first-order valence-electron chi connectivity index (χ1n) is 48.0. The van der Waals surface area contributed by atoms with Gasteiger partial charge in [-0.25, -0.2) is 69.3 Å². The number of benzene rings is 4. The number of ketones is 1. The molecule has 778 valence electrons. The van der Waals surface area contributed by atoms with Gasteiger partial charge in [0.05, 0.1) is 116 Å². The fraction of sp³-hybridized carbons (Fsp3) is 0.431. The fourth-order valence-corrected chi connectivity index (χ4v) is 18.4. The van der Waals surface area contributed by atoms with Crippen LogP contribution in [0.15, 0.2) is 121 Å². The van der Waals surface area contributed by atoms with Crippen LogP contribution < -0.4 is 36.4 Å². The monoisotopic (exact) mass is 2050 g/mol. The number of fused-ring (bicyclic) bond motifs is 4. The molecule has 2 fully saturated rings. The van der Waals surface area contributed by atoms with Gasteiger partial charge in [-0.05, 0) is 121 Å². The zero-order valence-corrected chi connectivity index (χ0v) is 84.6. The first-order valence-corrected chi connectivity index (χ1v) is 48.9. The number of aromatic amines is 1. The molecule has 2 saturated heterocycles. The van der Waals surface area contributed by atoms with Gasteiger partial charge in [0.25, 0.3) is 0 Å². The largest absolute Gasteiger partial charge is 0.376 e. The maximum absolute atomic E-state index is 14.0. The van der Waals surface area contributed by atoms with Crippen LogP contribution >= 0.6 is 11.3 Å². The second-order valence-electron chi connectivity index (χ2n) is 40.5. The molecule has 12 aromatic rings. The Morgan fingerprint density at radius 1 is 0.408 bits per heavy atom. The minimum Gasteiger partial charge on any atom is -0.376 e. The number of nitrogens with one attached hydrogen (secondary N) is 6. The Morgan fingerprint density at radius 3 is 1.08 bits per heavy atom. The smallest absolute Gasteiger partial charge is 0.343 e. The van der Waals surface area contributed by atoms with Crippen LogP contribution in [0.1, 0.15) is 152 Å². The minimum absolute atomic E-state index is 0.136. The maximum atomic E-state index is 14.0. The molecule has 4 aromatic carbocycles. The second-order valence-corrected chi connectivity index (χ2v) is 41.4. The zero-order chi connectivity index (χ0) is 105. The zero-order valence-electron chi connectivity index (χ0n) is 83.8. The maximum Gasteiger partial charge on any atom is 0.343 e. The lowest BCUT2D eigenvalue weighted by Crippen LogP contribution is -2.59. The van der Waals surface area contributed by atoms with Crippen LogP contribution in [0.4, 0.5) is 71.2 Å². The number of aryl methyl sites for hydroxylation is 3. The fourth-order valence-electron chi connectivity index (χ4n) is 17.7. The van der Waals surface area contributed by atoms with Crippen molar-refractivity contribution in [3.63, 3.8) is 0 Å². The van der Waals surface area contributed by atoms with E-state index < -0.39 is 122 Å². The van der Waals surface area contributed by atoms with Gasteiger partial charge >= 0.3 is 24.1 Å². The number of carbonyl (C=O) groups is 8. The predicted molar refractivity (Wildman–Crippen MR) is 526 cm³/mol. The van der Waals surface area contributed by atoms with Gasteiger partial charge in [-0.2, -0.15) is 44.2 Å². The van der Waals surface area contributed by atoms with Crippen molar-refractivity contribution in [3.8, 4) is 45.0 Å². The molecule has 0 spiro atoms. The number of nitrogens with zero attached hydrogens (tertiary/aromatic N) is 18. The molecule has 36 nitrogen and oxygen atoms in total. The molecule has 147 heavy (non-hydrogen) atoms. The highest BCUT2D eigenvalue weighted by Crippen LogP contribution is 2.38. The van der Waals surface area contributed by atoms with Gasteiger partial charge in [-0.1, -0.05) is 83.1 Å². The molecule has 0 saturated carbocycles. The van der Waals surface area contributed by atoms with Crippen molar-refractivity contribution in [2.45, 2.75) is 186 Å². The highest BCUT2D eigenvalue weighted by atomic mass is 32.1. The first-order chi connectivity index (χ1) is 69.8. The standard InChI is InChI=1S/C27H31F2N7O3.C26H30F2N6O3S.C26H29F2N5O3.C23H26F2N6O3/c1-27(2,3)23(24(37)34-10-12-35(13-11-34)25-30-8-4-9-31-25)32-26(38)36-21-7-14-39-16-18(21)22(33-36)17-5-6-19(28)20(29)15-17;1-26(2,3)22(23(35)32-8-10-33(11-9-32)25-29-7-13-38-25)30-24(36)34-20-6-12-37-15-17(20)21(31-34)16-4-5-18(27)19(28)14-16;1-15-12-30-17(13-29-15)6-8-22(34)24(26(2,3)4)31-25(35)33-21-9-10-36-14-18(21)23(32-33)16-5-7-19(27)20(28)11-16;1-12-9-18(29-28-12)26-21(32)20(23(2,3)4)27-22(33)31-17-7-8-34-11-14(17)19(30-31)13-5-6-15(24)16(25)10-13/h4-6,8-9,15,23H,7,10-14,16H2,1-3H3,(H,32,38);4-5,7,13-14,22H,6,8-12,15H2,1-3H3,(H,30,36);5,7,11-13,24H,6,8-10,14H2,1-4H3,(H,31,35);5-6,9-10,20H,7-8,11H2,1-4H3,(H,27,33)(H2,26,28,29,32)/t23-;22-;24-;20-/m1111/s1. The Hall–Kier alpha value is -14.4. The van der Waals surface area contributed by atoms with E-state index in [-0.39, 0.29) is 50.4 Å².